The van der Waals surface area contributed by atoms with Crippen molar-refractivity contribution >= 4 is 16.8 Å². The fourth-order valence-electron chi connectivity index (χ4n) is 3.36. The molecule has 0 saturated heterocycles. The fraction of sp³-hybridized carbons (Fsp3) is 0.273. The summed E-state index contributed by atoms with van der Waals surface area (Å²) in [5, 5.41) is 3.96. The topological polar surface area (TPSA) is 51.1 Å². The second-order valence-electron chi connectivity index (χ2n) is 6.71. The van der Waals surface area contributed by atoms with Crippen molar-refractivity contribution in [3.8, 4) is 0 Å². The minimum absolute atomic E-state index is 0.142. The van der Waals surface area contributed by atoms with Crippen molar-refractivity contribution in [3.05, 3.63) is 81.6 Å². The molecule has 3 aromatic rings. The molecule has 0 bridgehead atoms. The largest absolute Gasteiger partial charge is 0.354 e. The van der Waals surface area contributed by atoms with Crippen molar-refractivity contribution in [3.63, 3.8) is 0 Å². The minimum Gasteiger partial charge on any atom is -0.354 e. The molecule has 0 aliphatic heterocycles. The van der Waals surface area contributed by atoms with Crippen LogP contribution in [0.3, 0.4) is 0 Å². The molecule has 1 heterocycles. The van der Waals surface area contributed by atoms with Gasteiger partial charge in [0, 0.05) is 18.0 Å². The summed E-state index contributed by atoms with van der Waals surface area (Å²) in [6.45, 7) is 6.22. The lowest BCUT2D eigenvalue weighted by molar-refractivity contribution is -0.123. The summed E-state index contributed by atoms with van der Waals surface area (Å²) in [6, 6.07) is 17.0. The highest BCUT2D eigenvalue weighted by Crippen LogP contribution is 2.22. The van der Waals surface area contributed by atoms with Gasteiger partial charge < -0.3 is 5.32 Å². The number of amides is 1. The van der Waals surface area contributed by atoms with E-state index in [1.165, 1.54) is 5.56 Å². The predicted octanol–water partition coefficient (Wildman–Crippen LogP) is 3.54. The van der Waals surface area contributed by atoms with Crippen LogP contribution in [0.1, 0.15) is 29.7 Å². The number of benzene rings is 2. The number of nitrogens with zero attached hydrogens (tertiary/aromatic N) is 1. The zero-order valence-electron chi connectivity index (χ0n) is 15.5. The second kappa shape index (κ2) is 7.56. The first-order valence-corrected chi connectivity index (χ1v) is 8.92. The normalized spacial score (nSPS) is 12.1. The lowest BCUT2D eigenvalue weighted by atomic mass is 10.1. The highest BCUT2D eigenvalue weighted by Gasteiger charge is 2.19. The van der Waals surface area contributed by atoms with Gasteiger partial charge in [-0.1, -0.05) is 48.5 Å². The molecule has 0 spiro atoms. The van der Waals surface area contributed by atoms with Gasteiger partial charge in [0.05, 0.1) is 5.52 Å². The Bertz CT molecular complexity index is 990. The zero-order chi connectivity index (χ0) is 18.7. The monoisotopic (exact) mass is 348 g/mol. The summed E-state index contributed by atoms with van der Waals surface area (Å²) in [7, 11) is 0. The van der Waals surface area contributed by atoms with Crippen LogP contribution in [0.2, 0.25) is 0 Å². The molecule has 1 amide bonds. The van der Waals surface area contributed by atoms with Gasteiger partial charge in [-0.3, -0.25) is 14.2 Å². The number of pyridine rings is 1. The number of para-hydroxylation sites is 1. The van der Waals surface area contributed by atoms with E-state index in [2.05, 4.69) is 5.32 Å². The van der Waals surface area contributed by atoms with Gasteiger partial charge in [-0.05, 0) is 43.9 Å². The van der Waals surface area contributed by atoms with Crippen LogP contribution in [-0.4, -0.2) is 17.0 Å². The van der Waals surface area contributed by atoms with Crippen LogP contribution in [0, 0.1) is 13.8 Å². The Morgan fingerprint density at radius 3 is 2.50 bits per heavy atom. The molecule has 134 valence electrons. The molecular formula is C22H24N2O2. The molecule has 1 unspecified atom stereocenters. The fourth-order valence-corrected chi connectivity index (χ4v) is 3.36. The molecule has 0 radical (unpaired) electrons. The Kier molecular flexibility index (Phi) is 5.21. The summed E-state index contributed by atoms with van der Waals surface area (Å²) in [5.41, 5.74) is 3.79. The van der Waals surface area contributed by atoms with E-state index in [9.17, 15) is 9.59 Å². The molecule has 1 aromatic heterocycles. The van der Waals surface area contributed by atoms with E-state index in [1.807, 2.05) is 62.4 Å². The SMILES string of the molecule is Cc1cc(=O)n(C(C)C(=O)NCCc2ccccc2)c2c(C)cccc12. The predicted molar refractivity (Wildman–Crippen MR) is 106 cm³/mol. The van der Waals surface area contributed by atoms with E-state index in [0.717, 1.165) is 28.5 Å². The van der Waals surface area contributed by atoms with Crippen molar-refractivity contribution in [2.75, 3.05) is 6.54 Å². The first-order chi connectivity index (χ1) is 12.5. The molecule has 4 nitrogen and oxygen atoms in total. The summed E-state index contributed by atoms with van der Waals surface area (Å²) in [5.74, 6) is -0.142. The van der Waals surface area contributed by atoms with E-state index in [1.54, 1.807) is 17.6 Å². The van der Waals surface area contributed by atoms with Crippen LogP contribution < -0.4 is 10.9 Å². The summed E-state index contributed by atoms with van der Waals surface area (Å²) in [4.78, 5) is 25.3. The number of fused-ring (bicyclic) bond motifs is 1. The average Bonchev–Trinajstić information content (AvgIpc) is 2.63. The first-order valence-electron chi connectivity index (χ1n) is 8.92. The standard InChI is InChI=1S/C22H24N2O2/c1-15-8-7-11-19-16(2)14-20(25)24(21(15)19)17(3)22(26)23-13-12-18-9-5-4-6-10-18/h4-11,14,17H,12-13H2,1-3H3,(H,23,26). The van der Waals surface area contributed by atoms with Crippen LogP contribution >= 0.6 is 0 Å². The third-order valence-electron chi connectivity index (χ3n) is 4.80. The Morgan fingerprint density at radius 2 is 1.77 bits per heavy atom. The molecule has 2 aromatic carbocycles. The van der Waals surface area contributed by atoms with E-state index >= 15 is 0 Å². The van der Waals surface area contributed by atoms with E-state index < -0.39 is 6.04 Å². The number of carbonyl (C=O) groups is 1. The van der Waals surface area contributed by atoms with Gasteiger partial charge >= 0.3 is 0 Å². The van der Waals surface area contributed by atoms with Crippen LogP contribution in [0.25, 0.3) is 10.9 Å². The molecule has 0 fully saturated rings. The van der Waals surface area contributed by atoms with Gasteiger partial charge in [0.2, 0.25) is 5.91 Å². The maximum Gasteiger partial charge on any atom is 0.252 e. The molecular weight excluding hydrogens is 324 g/mol. The highest BCUT2D eigenvalue weighted by molar-refractivity contribution is 5.88. The lowest BCUT2D eigenvalue weighted by Crippen LogP contribution is -2.37. The Hall–Kier alpha value is -2.88. The lowest BCUT2D eigenvalue weighted by Gasteiger charge is -2.20. The van der Waals surface area contributed by atoms with Gasteiger partial charge in [-0.15, -0.1) is 0 Å². The summed E-state index contributed by atoms with van der Waals surface area (Å²) < 4.78 is 1.61. The number of carbonyl (C=O) groups excluding carboxylic acids is 1. The van der Waals surface area contributed by atoms with Gasteiger partial charge in [0.25, 0.3) is 5.56 Å². The van der Waals surface area contributed by atoms with Gasteiger partial charge in [-0.2, -0.15) is 0 Å². The maximum atomic E-state index is 12.7. The molecule has 1 N–H and O–H groups in total. The smallest absolute Gasteiger partial charge is 0.252 e. The third kappa shape index (κ3) is 3.54. The quantitative estimate of drug-likeness (QED) is 0.767. The Labute approximate surface area is 153 Å². The summed E-state index contributed by atoms with van der Waals surface area (Å²) >= 11 is 0. The molecule has 4 heteroatoms. The molecule has 0 saturated carbocycles. The van der Waals surface area contributed by atoms with E-state index in [0.29, 0.717) is 6.54 Å². The van der Waals surface area contributed by atoms with Crippen molar-refractivity contribution in [2.24, 2.45) is 0 Å². The second-order valence-corrected chi connectivity index (χ2v) is 6.71. The molecule has 0 aliphatic rings. The Balaban J connectivity index is 1.84. The van der Waals surface area contributed by atoms with Gasteiger partial charge in [-0.25, -0.2) is 0 Å². The Morgan fingerprint density at radius 1 is 1.04 bits per heavy atom. The number of aromatic nitrogens is 1. The third-order valence-corrected chi connectivity index (χ3v) is 4.80. The van der Waals surface area contributed by atoms with Crippen LogP contribution in [0.4, 0.5) is 0 Å². The van der Waals surface area contributed by atoms with Crippen molar-refractivity contribution in [1.82, 2.24) is 9.88 Å². The molecule has 26 heavy (non-hydrogen) atoms. The van der Waals surface area contributed by atoms with Crippen molar-refractivity contribution in [1.29, 1.82) is 0 Å². The highest BCUT2D eigenvalue weighted by atomic mass is 16.2. The van der Waals surface area contributed by atoms with Crippen molar-refractivity contribution in [2.45, 2.75) is 33.2 Å². The van der Waals surface area contributed by atoms with E-state index in [-0.39, 0.29) is 11.5 Å². The molecule has 1 atom stereocenters. The summed E-state index contributed by atoms with van der Waals surface area (Å²) in [6.07, 6.45) is 0.766. The van der Waals surface area contributed by atoms with E-state index in [4.69, 9.17) is 0 Å². The minimum atomic E-state index is -0.567. The number of nitrogens with one attached hydrogen (secondary N) is 1. The van der Waals surface area contributed by atoms with Crippen LogP contribution in [-0.2, 0) is 11.2 Å². The number of hydrogen-bond donors (Lipinski definition) is 1. The molecule has 0 aliphatic carbocycles. The number of rotatable bonds is 5. The van der Waals surface area contributed by atoms with Gasteiger partial charge in [0.1, 0.15) is 6.04 Å². The van der Waals surface area contributed by atoms with Crippen molar-refractivity contribution < 1.29 is 4.79 Å². The zero-order valence-corrected chi connectivity index (χ0v) is 15.5. The first kappa shape index (κ1) is 17.9. The van der Waals surface area contributed by atoms with Crippen LogP contribution in [0.5, 0.6) is 0 Å². The average molecular weight is 348 g/mol. The van der Waals surface area contributed by atoms with Gasteiger partial charge in [0.15, 0.2) is 0 Å². The molecule has 3 rings (SSSR count). The number of hydrogen-bond acceptors (Lipinski definition) is 2. The number of aryl methyl sites for hydroxylation is 2. The van der Waals surface area contributed by atoms with Crippen LogP contribution in [0.15, 0.2) is 59.4 Å². The maximum absolute atomic E-state index is 12.7.